The van der Waals surface area contributed by atoms with Crippen LogP contribution < -0.4 is 14.4 Å². The van der Waals surface area contributed by atoms with E-state index in [9.17, 15) is 0 Å². The minimum atomic E-state index is 0.733. The largest absolute Gasteiger partial charge is 0.497 e. The number of para-hydroxylation sites is 1. The van der Waals surface area contributed by atoms with Crippen molar-refractivity contribution >= 4 is 49.8 Å². The van der Waals surface area contributed by atoms with Crippen LogP contribution in [0.5, 0.6) is 11.5 Å². The van der Waals surface area contributed by atoms with Gasteiger partial charge in [-0.3, -0.25) is 4.57 Å². The first-order valence-electron chi connectivity index (χ1n) is 15.0. The number of rotatable bonds is 7. The van der Waals surface area contributed by atoms with E-state index >= 15 is 0 Å². The monoisotopic (exact) mass is 599 g/mol. The van der Waals surface area contributed by atoms with Gasteiger partial charge in [-0.05, 0) is 71.4 Å². The van der Waals surface area contributed by atoms with Crippen LogP contribution in [0.3, 0.4) is 0 Å². The number of hydrogen-bond donors (Lipinski definition) is 0. The SMILES string of the molecule is COc1ccc(N(c2ccc(OC)cc2)c2c3ccccc3c(-c3nc4cncnc4n3-c3ccccc3)c3ccccc23)cc1. The maximum Gasteiger partial charge on any atom is 0.168 e. The Labute approximate surface area is 265 Å². The van der Waals surface area contributed by atoms with E-state index in [0.29, 0.717) is 0 Å². The zero-order valence-corrected chi connectivity index (χ0v) is 25.3. The van der Waals surface area contributed by atoms with Crippen LogP contribution in [0.25, 0.3) is 49.8 Å². The average Bonchev–Trinajstić information content (AvgIpc) is 3.51. The molecule has 0 bridgehead atoms. The van der Waals surface area contributed by atoms with E-state index in [4.69, 9.17) is 14.5 Å². The van der Waals surface area contributed by atoms with Gasteiger partial charge in [0, 0.05) is 33.4 Å². The van der Waals surface area contributed by atoms with Gasteiger partial charge in [0.05, 0.1) is 26.1 Å². The highest BCUT2D eigenvalue weighted by Crippen LogP contribution is 2.48. The second-order valence-corrected chi connectivity index (χ2v) is 10.9. The van der Waals surface area contributed by atoms with Crippen LogP contribution in [0.15, 0.2) is 140 Å². The molecule has 2 heterocycles. The molecular formula is C39H29N5O2. The molecule has 0 aliphatic heterocycles. The van der Waals surface area contributed by atoms with E-state index in [2.05, 4.69) is 104 Å². The quantitative estimate of drug-likeness (QED) is 0.170. The molecule has 0 atom stereocenters. The Morgan fingerprint density at radius 1 is 0.587 bits per heavy atom. The van der Waals surface area contributed by atoms with Crippen molar-refractivity contribution in [1.29, 1.82) is 0 Å². The lowest BCUT2D eigenvalue weighted by Crippen LogP contribution is -2.12. The first-order valence-corrected chi connectivity index (χ1v) is 15.0. The van der Waals surface area contributed by atoms with E-state index < -0.39 is 0 Å². The fourth-order valence-corrected chi connectivity index (χ4v) is 6.28. The molecule has 0 radical (unpaired) electrons. The van der Waals surface area contributed by atoms with Gasteiger partial charge in [0.1, 0.15) is 29.2 Å². The van der Waals surface area contributed by atoms with Crippen molar-refractivity contribution in [3.05, 3.63) is 140 Å². The lowest BCUT2D eigenvalue weighted by atomic mass is 9.93. The van der Waals surface area contributed by atoms with Crippen molar-refractivity contribution in [1.82, 2.24) is 19.5 Å². The van der Waals surface area contributed by atoms with Crippen molar-refractivity contribution in [3.8, 4) is 28.6 Å². The molecule has 222 valence electrons. The zero-order chi connectivity index (χ0) is 31.0. The fourth-order valence-electron chi connectivity index (χ4n) is 6.28. The van der Waals surface area contributed by atoms with Gasteiger partial charge in [0.25, 0.3) is 0 Å². The highest BCUT2D eigenvalue weighted by molar-refractivity contribution is 6.22. The standard InChI is InChI=1S/C39H29N5O2/c1-45-29-20-16-27(17-21-29)43(28-18-22-30(46-2)23-19-28)37-33-14-8-6-12-31(33)36(32-13-7-9-15-34(32)37)39-42-35-24-40-25-41-38(35)44(39)26-10-4-3-5-11-26/h3-25H,1-2H3. The van der Waals surface area contributed by atoms with Crippen LogP contribution in [-0.2, 0) is 0 Å². The summed E-state index contributed by atoms with van der Waals surface area (Å²) in [5, 5.41) is 4.31. The summed E-state index contributed by atoms with van der Waals surface area (Å²) in [5.41, 5.74) is 6.56. The summed E-state index contributed by atoms with van der Waals surface area (Å²) in [6.45, 7) is 0. The van der Waals surface area contributed by atoms with Crippen molar-refractivity contribution in [3.63, 3.8) is 0 Å². The number of fused-ring (bicyclic) bond motifs is 3. The number of anilines is 3. The minimum absolute atomic E-state index is 0.733. The van der Waals surface area contributed by atoms with Gasteiger partial charge in [-0.1, -0.05) is 66.7 Å². The Morgan fingerprint density at radius 3 is 1.65 bits per heavy atom. The molecular weight excluding hydrogens is 570 g/mol. The summed E-state index contributed by atoms with van der Waals surface area (Å²) >= 11 is 0. The molecule has 0 saturated heterocycles. The summed E-state index contributed by atoms with van der Waals surface area (Å²) < 4.78 is 13.2. The molecule has 0 amide bonds. The molecule has 8 aromatic rings. The second kappa shape index (κ2) is 11.4. The number of benzene rings is 6. The molecule has 8 rings (SSSR count). The van der Waals surface area contributed by atoms with Gasteiger partial charge in [-0.15, -0.1) is 0 Å². The Balaban J connectivity index is 1.49. The molecule has 0 fully saturated rings. The van der Waals surface area contributed by atoms with Gasteiger partial charge < -0.3 is 14.4 Å². The molecule has 0 aliphatic carbocycles. The van der Waals surface area contributed by atoms with Gasteiger partial charge in [0.2, 0.25) is 0 Å². The van der Waals surface area contributed by atoms with E-state index in [1.807, 2.05) is 42.5 Å². The molecule has 0 spiro atoms. The first kappa shape index (κ1) is 27.3. The van der Waals surface area contributed by atoms with Crippen LogP contribution in [0.4, 0.5) is 17.1 Å². The van der Waals surface area contributed by atoms with Crippen LogP contribution >= 0.6 is 0 Å². The molecule has 0 aliphatic rings. The van der Waals surface area contributed by atoms with E-state index in [1.54, 1.807) is 26.7 Å². The Bertz CT molecular complexity index is 2230. The maximum atomic E-state index is 5.51. The molecule has 6 aromatic carbocycles. The number of imidazole rings is 1. The smallest absolute Gasteiger partial charge is 0.168 e. The molecule has 0 saturated carbocycles. The number of aromatic nitrogens is 4. The minimum Gasteiger partial charge on any atom is -0.497 e. The summed E-state index contributed by atoms with van der Waals surface area (Å²) in [6.07, 6.45) is 3.35. The van der Waals surface area contributed by atoms with Crippen LogP contribution in [0.1, 0.15) is 0 Å². The molecule has 7 nitrogen and oxygen atoms in total. The van der Waals surface area contributed by atoms with Crippen LogP contribution in [-0.4, -0.2) is 33.7 Å². The summed E-state index contributed by atoms with van der Waals surface area (Å²) in [6, 6.07) is 43.7. The third kappa shape index (κ3) is 4.49. The fraction of sp³-hybridized carbons (Fsp3) is 0.0513. The Morgan fingerprint density at radius 2 is 1.11 bits per heavy atom. The molecule has 7 heteroatoms. The summed E-state index contributed by atoms with van der Waals surface area (Å²) in [4.78, 5) is 16.5. The van der Waals surface area contributed by atoms with Gasteiger partial charge in [-0.25, -0.2) is 15.0 Å². The topological polar surface area (TPSA) is 65.3 Å². The highest BCUT2D eigenvalue weighted by atomic mass is 16.5. The predicted octanol–water partition coefficient (Wildman–Crippen LogP) is 9.28. The Hall–Kier alpha value is -6.21. The lowest BCUT2D eigenvalue weighted by Gasteiger charge is -2.29. The molecule has 0 N–H and O–H groups in total. The van der Waals surface area contributed by atoms with E-state index in [-0.39, 0.29) is 0 Å². The van der Waals surface area contributed by atoms with Gasteiger partial charge >= 0.3 is 0 Å². The van der Waals surface area contributed by atoms with E-state index in [1.165, 1.54) is 0 Å². The van der Waals surface area contributed by atoms with Gasteiger partial charge in [0.15, 0.2) is 5.65 Å². The third-order valence-corrected chi connectivity index (χ3v) is 8.35. The number of nitrogens with zero attached hydrogens (tertiary/aromatic N) is 5. The second-order valence-electron chi connectivity index (χ2n) is 10.9. The molecule has 0 unspecified atom stereocenters. The van der Waals surface area contributed by atoms with Crippen molar-refractivity contribution in [2.24, 2.45) is 0 Å². The van der Waals surface area contributed by atoms with Gasteiger partial charge in [-0.2, -0.15) is 0 Å². The van der Waals surface area contributed by atoms with Crippen LogP contribution in [0.2, 0.25) is 0 Å². The normalized spacial score (nSPS) is 11.3. The van der Waals surface area contributed by atoms with Crippen molar-refractivity contribution in [2.45, 2.75) is 0 Å². The number of methoxy groups -OCH3 is 2. The first-order chi connectivity index (χ1) is 22.7. The summed E-state index contributed by atoms with van der Waals surface area (Å²) in [5.74, 6) is 2.40. The predicted molar refractivity (Wildman–Crippen MR) is 185 cm³/mol. The zero-order valence-electron chi connectivity index (χ0n) is 25.3. The maximum absolute atomic E-state index is 5.51. The van der Waals surface area contributed by atoms with Crippen molar-refractivity contribution in [2.75, 3.05) is 19.1 Å². The van der Waals surface area contributed by atoms with Crippen LogP contribution in [0, 0.1) is 0 Å². The number of ether oxygens (including phenoxy) is 2. The summed E-state index contributed by atoms with van der Waals surface area (Å²) in [7, 11) is 3.37. The van der Waals surface area contributed by atoms with Crippen molar-refractivity contribution < 1.29 is 9.47 Å². The van der Waals surface area contributed by atoms with E-state index in [0.717, 1.165) is 78.3 Å². The highest BCUT2D eigenvalue weighted by Gasteiger charge is 2.25. The Kier molecular flexibility index (Phi) is 6.76. The average molecular weight is 600 g/mol. The molecule has 46 heavy (non-hydrogen) atoms. The molecule has 2 aromatic heterocycles. The number of hydrogen-bond acceptors (Lipinski definition) is 6. The third-order valence-electron chi connectivity index (χ3n) is 8.35. The lowest BCUT2D eigenvalue weighted by molar-refractivity contribution is 0.415.